The number of fused-ring (bicyclic) bond motifs is 7. The molecule has 0 fully saturated rings. The van der Waals surface area contributed by atoms with Crippen LogP contribution < -0.4 is 0 Å². The Labute approximate surface area is 392 Å². The molecule has 0 saturated heterocycles. The number of furan rings is 1. The minimum Gasteiger partial charge on any atom is -0.455 e. The molecule has 3 aromatic heterocycles. The van der Waals surface area contributed by atoms with Crippen LogP contribution in [0.4, 0.5) is 0 Å². The number of rotatable bonds is 8. The van der Waals surface area contributed by atoms with Crippen molar-refractivity contribution in [3.63, 3.8) is 0 Å². The predicted molar refractivity (Wildman–Crippen MR) is 279 cm³/mol. The van der Waals surface area contributed by atoms with E-state index in [-0.39, 0.29) is 0 Å². The van der Waals surface area contributed by atoms with Crippen molar-refractivity contribution in [3.05, 3.63) is 243 Å². The van der Waals surface area contributed by atoms with Gasteiger partial charge in [0.05, 0.1) is 22.0 Å². The fourth-order valence-electron chi connectivity index (χ4n) is 9.78. The molecule has 0 aliphatic heterocycles. The Morgan fingerprint density at radius 1 is 0.309 bits per heavy atom. The zero-order valence-corrected chi connectivity index (χ0v) is 36.8. The SMILES string of the molecule is c1ccc(-c2ccc(-c3cccc(-n4c5ccccc5c5ccc6oc7c(-c8nc(-c9cccc(-c%10ccccc%10)c9)nc(-c9cccc(-c%10ccccc%10)c9)n8)cccc7c6c54)c3)cc2)cc1. The monoisotopic (exact) mass is 868 g/mol. The van der Waals surface area contributed by atoms with Gasteiger partial charge in [-0.3, -0.25) is 0 Å². The summed E-state index contributed by atoms with van der Waals surface area (Å²) in [5, 5.41) is 4.35. The summed E-state index contributed by atoms with van der Waals surface area (Å²) in [5.74, 6) is 1.70. The summed E-state index contributed by atoms with van der Waals surface area (Å²) in [6, 6.07) is 85.2. The van der Waals surface area contributed by atoms with E-state index < -0.39 is 0 Å². The Kier molecular flexibility index (Phi) is 9.43. The average Bonchev–Trinajstić information content (AvgIpc) is 3.98. The predicted octanol–water partition coefficient (Wildman–Crippen LogP) is 16.5. The van der Waals surface area contributed by atoms with E-state index in [1.54, 1.807) is 0 Å². The van der Waals surface area contributed by atoms with Crippen LogP contribution in [0.25, 0.3) is 128 Å². The molecule has 0 unspecified atom stereocenters. The minimum atomic E-state index is 0.535. The molecule has 0 spiro atoms. The average molecular weight is 869 g/mol. The van der Waals surface area contributed by atoms with Crippen LogP contribution in [0.5, 0.6) is 0 Å². The van der Waals surface area contributed by atoms with Crippen molar-refractivity contribution in [2.24, 2.45) is 0 Å². The zero-order valence-electron chi connectivity index (χ0n) is 36.8. The van der Waals surface area contributed by atoms with Gasteiger partial charge in [0.2, 0.25) is 0 Å². The molecule has 0 aliphatic carbocycles. The standard InChI is InChI=1S/C63H40N4O/c1-4-16-41(17-5-1)44-32-34-45(35-33-44)48-24-14-27-51(40-48)67-56-31-11-10-28-52(56)53-36-37-57-58(59(53)67)54-29-15-30-55(60(54)68-57)63-65-61(49-25-12-22-46(38-49)42-18-6-2-7-19-42)64-62(66-63)50-26-13-23-47(39-50)43-20-8-3-9-21-43/h1-40H. The summed E-state index contributed by atoms with van der Waals surface area (Å²) >= 11 is 0. The van der Waals surface area contributed by atoms with Crippen LogP contribution in [0.2, 0.25) is 0 Å². The second-order valence-corrected chi connectivity index (χ2v) is 17.2. The van der Waals surface area contributed by atoms with Crippen LogP contribution in [0.15, 0.2) is 247 Å². The lowest BCUT2D eigenvalue weighted by Gasteiger charge is -2.12. The van der Waals surface area contributed by atoms with Gasteiger partial charge in [0, 0.05) is 33.0 Å². The number of benzene rings is 10. The van der Waals surface area contributed by atoms with Crippen molar-refractivity contribution in [2.45, 2.75) is 0 Å². The Balaban J connectivity index is 0.996. The minimum absolute atomic E-state index is 0.535. The van der Waals surface area contributed by atoms with Crippen molar-refractivity contribution in [1.29, 1.82) is 0 Å². The van der Waals surface area contributed by atoms with Crippen molar-refractivity contribution >= 4 is 43.7 Å². The van der Waals surface area contributed by atoms with E-state index in [1.807, 2.05) is 12.1 Å². The highest BCUT2D eigenvalue weighted by Crippen LogP contribution is 2.43. The van der Waals surface area contributed by atoms with Crippen molar-refractivity contribution < 1.29 is 4.42 Å². The molecule has 3 heterocycles. The summed E-state index contributed by atoms with van der Waals surface area (Å²) in [7, 11) is 0. The second kappa shape index (κ2) is 16.4. The zero-order chi connectivity index (χ0) is 45.0. The Morgan fingerprint density at radius 3 is 1.40 bits per heavy atom. The first kappa shape index (κ1) is 39.2. The Hall–Kier alpha value is -9.19. The highest BCUT2D eigenvalue weighted by molar-refractivity contribution is 6.25. The van der Waals surface area contributed by atoms with Gasteiger partial charge in [0.1, 0.15) is 11.2 Å². The molecule has 10 aromatic carbocycles. The smallest absolute Gasteiger partial charge is 0.167 e. The Bertz CT molecular complexity index is 3900. The highest BCUT2D eigenvalue weighted by atomic mass is 16.3. The molecule has 318 valence electrons. The van der Waals surface area contributed by atoms with E-state index in [9.17, 15) is 0 Å². The maximum absolute atomic E-state index is 7.01. The molecule has 0 atom stereocenters. The Morgan fingerprint density at radius 2 is 0.765 bits per heavy atom. The fraction of sp³-hybridized carbons (Fsp3) is 0. The van der Waals surface area contributed by atoms with Crippen LogP contribution in [0, 0.1) is 0 Å². The van der Waals surface area contributed by atoms with E-state index in [0.29, 0.717) is 17.5 Å². The lowest BCUT2D eigenvalue weighted by molar-refractivity contribution is 0.669. The maximum Gasteiger partial charge on any atom is 0.167 e. The largest absolute Gasteiger partial charge is 0.455 e. The first-order chi connectivity index (χ1) is 33.7. The molecule has 0 saturated carbocycles. The molecule has 0 N–H and O–H groups in total. The van der Waals surface area contributed by atoms with E-state index in [2.05, 4.69) is 235 Å². The van der Waals surface area contributed by atoms with Crippen LogP contribution in [-0.2, 0) is 0 Å². The van der Waals surface area contributed by atoms with Gasteiger partial charge in [-0.05, 0) is 93.0 Å². The summed E-state index contributed by atoms with van der Waals surface area (Å²) in [5.41, 5.74) is 16.5. The second-order valence-electron chi connectivity index (χ2n) is 17.2. The number of para-hydroxylation sites is 2. The molecule has 0 radical (unpaired) electrons. The van der Waals surface area contributed by atoms with Gasteiger partial charge in [-0.25, -0.2) is 15.0 Å². The number of hydrogen-bond donors (Lipinski definition) is 0. The lowest BCUT2D eigenvalue weighted by atomic mass is 10.00. The first-order valence-corrected chi connectivity index (χ1v) is 22.9. The summed E-state index contributed by atoms with van der Waals surface area (Å²) < 4.78 is 9.40. The molecule has 5 nitrogen and oxygen atoms in total. The topological polar surface area (TPSA) is 56.7 Å². The third-order valence-electron chi connectivity index (χ3n) is 13.1. The van der Waals surface area contributed by atoms with Gasteiger partial charge in [0.15, 0.2) is 17.5 Å². The van der Waals surface area contributed by atoms with Crippen molar-refractivity contribution in [1.82, 2.24) is 19.5 Å². The quantitative estimate of drug-likeness (QED) is 0.153. The lowest BCUT2D eigenvalue weighted by Crippen LogP contribution is -2.00. The summed E-state index contributed by atoms with van der Waals surface area (Å²) in [4.78, 5) is 15.7. The molecule has 5 heteroatoms. The number of nitrogens with zero attached hydrogens (tertiary/aromatic N) is 4. The first-order valence-electron chi connectivity index (χ1n) is 22.9. The number of aromatic nitrogens is 4. The molecule has 0 aliphatic rings. The third kappa shape index (κ3) is 6.84. The maximum atomic E-state index is 7.01. The van der Waals surface area contributed by atoms with Gasteiger partial charge in [-0.15, -0.1) is 0 Å². The van der Waals surface area contributed by atoms with Gasteiger partial charge in [-0.2, -0.15) is 0 Å². The van der Waals surface area contributed by atoms with Gasteiger partial charge >= 0.3 is 0 Å². The van der Waals surface area contributed by atoms with Crippen LogP contribution in [0.3, 0.4) is 0 Å². The molecule has 68 heavy (non-hydrogen) atoms. The molecular weight excluding hydrogens is 829 g/mol. The summed E-state index contributed by atoms with van der Waals surface area (Å²) in [6.45, 7) is 0. The normalized spacial score (nSPS) is 11.5. The number of hydrogen-bond acceptors (Lipinski definition) is 4. The summed E-state index contributed by atoms with van der Waals surface area (Å²) in [6.07, 6.45) is 0. The van der Waals surface area contributed by atoms with E-state index >= 15 is 0 Å². The molecule has 13 rings (SSSR count). The molecule has 0 amide bonds. The van der Waals surface area contributed by atoms with E-state index in [1.165, 1.54) is 16.5 Å². The van der Waals surface area contributed by atoms with Gasteiger partial charge in [0.25, 0.3) is 0 Å². The highest BCUT2D eigenvalue weighted by Gasteiger charge is 2.23. The molecular formula is C63H40N4O. The third-order valence-corrected chi connectivity index (χ3v) is 13.1. The van der Waals surface area contributed by atoms with Crippen molar-refractivity contribution in [2.75, 3.05) is 0 Å². The van der Waals surface area contributed by atoms with Crippen LogP contribution in [0.1, 0.15) is 0 Å². The fourth-order valence-corrected chi connectivity index (χ4v) is 9.78. The van der Waals surface area contributed by atoms with Crippen LogP contribution in [-0.4, -0.2) is 19.5 Å². The van der Waals surface area contributed by atoms with Gasteiger partial charge < -0.3 is 8.98 Å². The van der Waals surface area contributed by atoms with Crippen LogP contribution >= 0.6 is 0 Å². The molecule has 13 aromatic rings. The van der Waals surface area contributed by atoms with Crippen molar-refractivity contribution in [3.8, 4) is 84.4 Å². The van der Waals surface area contributed by atoms with E-state index in [4.69, 9.17) is 19.4 Å². The van der Waals surface area contributed by atoms with E-state index in [0.717, 1.165) is 94.1 Å². The van der Waals surface area contributed by atoms with Gasteiger partial charge in [-0.1, -0.05) is 194 Å². The molecule has 0 bridgehead atoms.